The van der Waals surface area contributed by atoms with E-state index < -0.39 is 10.1 Å². The van der Waals surface area contributed by atoms with Gasteiger partial charge >= 0.3 is 0 Å². The van der Waals surface area contributed by atoms with Gasteiger partial charge in [-0.2, -0.15) is 8.42 Å². The number of hydrogen-bond acceptors (Lipinski definition) is 3. The van der Waals surface area contributed by atoms with Crippen LogP contribution in [-0.2, 0) is 14.3 Å². The summed E-state index contributed by atoms with van der Waals surface area (Å²) in [5.74, 6) is 0. The minimum atomic E-state index is -3.27. The van der Waals surface area contributed by atoms with Gasteiger partial charge in [-0.25, -0.2) is 0 Å². The van der Waals surface area contributed by atoms with E-state index in [4.69, 9.17) is 4.18 Å². The molecule has 1 rings (SSSR count). The summed E-state index contributed by atoms with van der Waals surface area (Å²) in [6.45, 7) is 2.63. The number of rotatable bonds is 13. The SMILES string of the molecule is CCCCCCCCCCCCOS(=O)(=O)C1CCCC1. The van der Waals surface area contributed by atoms with Crippen LogP contribution >= 0.6 is 0 Å². The molecule has 0 bridgehead atoms. The van der Waals surface area contributed by atoms with Crippen molar-refractivity contribution in [2.45, 2.75) is 102 Å². The summed E-state index contributed by atoms with van der Waals surface area (Å²) >= 11 is 0. The molecule has 0 saturated heterocycles. The molecule has 0 amide bonds. The Balaban J connectivity index is 1.88. The first-order valence-electron chi connectivity index (χ1n) is 9.05. The molecule has 0 radical (unpaired) electrons. The molecule has 4 heteroatoms. The molecule has 0 aromatic heterocycles. The van der Waals surface area contributed by atoms with E-state index in [0.717, 1.165) is 38.5 Å². The Morgan fingerprint density at radius 2 is 1.29 bits per heavy atom. The summed E-state index contributed by atoms with van der Waals surface area (Å²) in [6, 6.07) is 0. The Morgan fingerprint density at radius 1 is 0.810 bits per heavy atom. The van der Waals surface area contributed by atoms with E-state index in [9.17, 15) is 8.42 Å². The maximum atomic E-state index is 11.9. The monoisotopic (exact) mass is 318 g/mol. The van der Waals surface area contributed by atoms with Crippen LogP contribution in [0.3, 0.4) is 0 Å². The highest BCUT2D eigenvalue weighted by molar-refractivity contribution is 7.87. The second-order valence-corrected chi connectivity index (χ2v) is 8.29. The van der Waals surface area contributed by atoms with Crippen molar-refractivity contribution < 1.29 is 12.6 Å². The average molecular weight is 319 g/mol. The summed E-state index contributed by atoms with van der Waals surface area (Å²) in [4.78, 5) is 0. The first kappa shape index (κ1) is 19.0. The van der Waals surface area contributed by atoms with Crippen LogP contribution in [0.2, 0.25) is 0 Å². The van der Waals surface area contributed by atoms with Crippen LogP contribution < -0.4 is 0 Å². The summed E-state index contributed by atoms with van der Waals surface area (Å²) in [7, 11) is -3.27. The third-order valence-corrected chi connectivity index (χ3v) is 6.24. The molecule has 0 aromatic carbocycles. The Hall–Kier alpha value is -0.0900. The second kappa shape index (κ2) is 11.5. The molecule has 0 unspecified atom stereocenters. The van der Waals surface area contributed by atoms with E-state index in [-0.39, 0.29) is 5.25 Å². The van der Waals surface area contributed by atoms with Crippen molar-refractivity contribution in [3.05, 3.63) is 0 Å². The van der Waals surface area contributed by atoms with Gasteiger partial charge in [0.05, 0.1) is 11.9 Å². The fraction of sp³-hybridized carbons (Fsp3) is 1.00. The highest BCUT2D eigenvalue weighted by atomic mass is 32.2. The highest BCUT2D eigenvalue weighted by Crippen LogP contribution is 2.25. The van der Waals surface area contributed by atoms with E-state index in [0.29, 0.717) is 6.61 Å². The Bertz CT molecular complexity index is 332. The quantitative estimate of drug-likeness (QED) is 0.346. The standard InChI is InChI=1S/C17H34O3S/c1-2-3-4-5-6-7-8-9-10-13-16-20-21(18,19)17-14-11-12-15-17/h17H,2-16H2,1H3. The first-order chi connectivity index (χ1) is 10.2. The van der Waals surface area contributed by atoms with Crippen LogP contribution in [0.15, 0.2) is 0 Å². The van der Waals surface area contributed by atoms with E-state index in [1.807, 2.05) is 0 Å². The van der Waals surface area contributed by atoms with Crippen LogP contribution in [0.4, 0.5) is 0 Å². The fourth-order valence-electron chi connectivity index (χ4n) is 3.04. The Morgan fingerprint density at radius 3 is 1.81 bits per heavy atom. The molecule has 1 fully saturated rings. The molecule has 1 aliphatic rings. The van der Waals surface area contributed by atoms with Gasteiger partial charge < -0.3 is 0 Å². The molecule has 0 aromatic rings. The molecule has 0 N–H and O–H groups in total. The molecule has 0 atom stereocenters. The maximum absolute atomic E-state index is 11.9. The van der Waals surface area contributed by atoms with Crippen LogP contribution in [-0.4, -0.2) is 20.3 Å². The Labute approximate surface area is 132 Å². The lowest BCUT2D eigenvalue weighted by atomic mass is 10.1. The molecule has 126 valence electrons. The highest BCUT2D eigenvalue weighted by Gasteiger charge is 2.29. The summed E-state index contributed by atoms with van der Waals surface area (Å²) in [5.41, 5.74) is 0. The van der Waals surface area contributed by atoms with Crippen LogP contribution in [0.1, 0.15) is 96.8 Å². The topological polar surface area (TPSA) is 43.4 Å². The van der Waals surface area contributed by atoms with Gasteiger partial charge in [0.25, 0.3) is 10.1 Å². The minimum Gasteiger partial charge on any atom is -0.270 e. The van der Waals surface area contributed by atoms with Crippen LogP contribution in [0.25, 0.3) is 0 Å². The molecular formula is C17H34O3S. The zero-order chi connectivity index (χ0) is 15.4. The van der Waals surface area contributed by atoms with Crippen molar-refractivity contribution in [2.24, 2.45) is 0 Å². The van der Waals surface area contributed by atoms with E-state index >= 15 is 0 Å². The molecule has 0 spiro atoms. The van der Waals surface area contributed by atoms with E-state index in [1.54, 1.807) is 0 Å². The molecule has 21 heavy (non-hydrogen) atoms. The van der Waals surface area contributed by atoms with E-state index in [1.165, 1.54) is 51.4 Å². The van der Waals surface area contributed by atoms with Crippen molar-refractivity contribution >= 4 is 10.1 Å². The molecule has 3 nitrogen and oxygen atoms in total. The summed E-state index contributed by atoms with van der Waals surface area (Å²) < 4.78 is 28.9. The van der Waals surface area contributed by atoms with Gasteiger partial charge in [0.2, 0.25) is 0 Å². The average Bonchev–Trinajstić information content (AvgIpc) is 3.00. The lowest BCUT2D eigenvalue weighted by Crippen LogP contribution is -2.20. The van der Waals surface area contributed by atoms with Crippen molar-refractivity contribution in [1.82, 2.24) is 0 Å². The zero-order valence-corrected chi connectivity index (χ0v) is 14.6. The van der Waals surface area contributed by atoms with Crippen LogP contribution in [0.5, 0.6) is 0 Å². The van der Waals surface area contributed by atoms with Crippen molar-refractivity contribution in [2.75, 3.05) is 6.61 Å². The summed E-state index contributed by atoms with van der Waals surface area (Å²) in [5, 5.41) is -0.222. The molecule has 0 heterocycles. The van der Waals surface area contributed by atoms with E-state index in [2.05, 4.69) is 6.92 Å². The Kier molecular flexibility index (Phi) is 10.4. The number of hydrogen-bond donors (Lipinski definition) is 0. The van der Waals surface area contributed by atoms with Gasteiger partial charge in [-0.1, -0.05) is 77.6 Å². The molecule has 1 saturated carbocycles. The van der Waals surface area contributed by atoms with Crippen molar-refractivity contribution in [1.29, 1.82) is 0 Å². The lowest BCUT2D eigenvalue weighted by molar-refractivity contribution is 0.300. The van der Waals surface area contributed by atoms with Crippen molar-refractivity contribution in [3.63, 3.8) is 0 Å². The largest absolute Gasteiger partial charge is 0.270 e. The predicted octanol–water partition coefficient (Wildman–Crippen LogP) is 5.20. The van der Waals surface area contributed by atoms with Crippen LogP contribution in [0, 0.1) is 0 Å². The fourth-order valence-corrected chi connectivity index (χ4v) is 4.49. The first-order valence-corrected chi connectivity index (χ1v) is 10.5. The van der Waals surface area contributed by atoms with Crippen molar-refractivity contribution in [3.8, 4) is 0 Å². The van der Waals surface area contributed by atoms with Gasteiger partial charge in [-0.3, -0.25) is 4.18 Å². The normalized spacial score (nSPS) is 16.6. The predicted molar refractivity (Wildman–Crippen MR) is 89.0 cm³/mol. The molecule has 0 aliphatic heterocycles. The summed E-state index contributed by atoms with van der Waals surface area (Å²) in [6.07, 6.45) is 16.2. The number of unbranched alkanes of at least 4 members (excludes halogenated alkanes) is 9. The smallest absolute Gasteiger partial charge is 0.270 e. The third kappa shape index (κ3) is 8.82. The minimum absolute atomic E-state index is 0.222. The van der Waals surface area contributed by atoms with Gasteiger partial charge in [0.1, 0.15) is 0 Å². The molecular weight excluding hydrogens is 284 g/mol. The maximum Gasteiger partial charge on any atom is 0.270 e. The van der Waals surface area contributed by atoms with Gasteiger partial charge in [0, 0.05) is 0 Å². The van der Waals surface area contributed by atoms with Gasteiger partial charge in [-0.15, -0.1) is 0 Å². The lowest BCUT2D eigenvalue weighted by Gasteiger charge is -2.10. The second-order valence-electron chi connectivity index (χ2n) is 6.40. The zero-order valence-electron chi connectivity index (χ0n) is 13.8. The molecule has 1 aliphatic carbocycles. The third-order valence-electron chi connectivity index (χ3n) is 4.46. The van der Waals surface area contributed by atoms with Gasteiger partial charge in [0.15, 0.2) is 0 Å². The van der Waals surface area contributed by atoms with Gasteiger partial charge in [-0.05, 0) is 19.3 Å².